The number of para-hydroxylation sites is 1. The molecular formula is C26H23BrN2O3S. The quantitative estimate of drug-likeness (QED) is 0.313. The van der Waals surface area contributed by atoms with Crippen LogP contribution in [0.5, 0.6) is 0 Å². The van der Waals surface area contributed by atoms with Gasteiger partial charge in [0.2, 0.25) is 5.91 Å². The van der Waals surface area contributed by atoms with Gasteiger partial charge in [-0.2, -0.15) is 0 Å². The SMILES string of the molecule is C=C(c1cn(S(=O)(=O)c2ccc(C)cc2)c2ccccc12)N(Cc1ccccc1Br)C(C)=O. The number of rotatable bonds is 6. The number of nitrogens with zero attached hydrogens (tertiary/aromatic N) is 2. The van der Waals surface area contributed by atoms with E-state index in [-0.39, 0.29) is 10.8 Å². The maximum atomic E-state index is 13.5. The van der Waals surface area contributed by atoms with E-state index in [1.807, 2.05) is 43.3 Å². The molecule has 0 spiro atoms. The minimum Gasteiger partial charge on any atom is -0.308 e. The number of benzene rings is 3. The molecule has 0 N–H and O–H groups in total. The molecule has 0 unspecified atom stereocenters. The van der Waals surface area contributed by atoms with Crippen molar-refractivity contribution in [2.75, 3.05) is 0 Å². The fourth-order valence-electron chi connectivity index (χ4n) is 3.74. The summed E-state index contributed by atoms with van der Waals surface area (Å²) < 4.78 is 29.1. The van der Waals surface area contributed by atoms with Crippen molar-refractivity contribution in [3.63, 3.8) is 0 Å². The third-order valence-electron chi connectivity index (χ3n) is 5.56. The lowest BCUT2D eigenvalue weighted by Crippen LogP contribution is -2.26. The smallest absolute Gasteiger partial charge is 0.268 e. The minimum absolute atomic E-state index is 0.186. The van der Waals surface area contributed by atoms with Crippen LogP contribution < -0.4 is 0 Å². The van der Waals surface area contributed by atoms with Crippen molar-refractivity contribution in [2.24, 2.45) is 0 Å². The van der Waals surface area contributed by atoms with Crippen LogP contribution in [0.15, 0.2) is 94.9 Å². The highest BCUT2D eigenvalue weighted by Crippen LogP contribution is 2.32. The molecule has 33 heavy (non-hydrogen) atoms. The number of aryl methyl sites for hydroxylation is 1. The molecule has 0 aliphatic carbocycles. The zero-order valence-corrected chi connectivity index (χ0v) is 20.7. The molecule has 1 amide bonds. The van der Waals surface area contributed by atoms with Gasteiger partial charge < -0.3 is 4.90 Å². The van der Waals surface area contributed by atoms with Gasteiger partial charge in [0, 0.05) is 34.2 Å². The molecule has 4 rings (SSSR count). The largest absolute Gasteiger partial charge is 0.308 e. The summed E-state index contributed by atoms with van der Waals surface area (Å²) >= 11 is 3.53. The Bertz CT molecular complexity index is 1470. The summed E-state index contributed by atoms with van der Waals surface area (Å²) in [4.78, 5) is 14.3. The van der Waals surface area contributed by atoms with Crippen LogP contribution in [0.4, 0.5) is 0 Å². The van der Waals surface area contributed by atoms with Gasteiger partial charge in [-0.05, 0) is 36.8 Å². The first-order chi connectivity index (χ1) is 15.7. The van der Waals surface area contributed by atoms with Crippen LogP contribution >= 0.6 is 15.9 Å². The predicted octanol–water partition coefficient (Wildman–Crippen LogP) is 5.97. The number of carbonyl (C=O) groups is 1. The second-order valence-electron chi connectivity index (χ2n) is 7.82. The summed E-state index contributed by atoms with van der Waals surface area (Å²) in [5.74, 6) is -0.186. The van der Waals surface area contributed by atoms with Crippen molar-refractivity contribution < 1.29 is 13.2 Å². The number of amides is 1. The van der Waals surface area contributed by atoms with E-state index < -0.39 is 10.0 Å². The first kappa shape index (κ1) is 23.0. The van der Waals surface area contributed by atoms with Gasteiger partial charge in [-0.25, -0.2) is 12.4 Å². The van der Waals surface area contributed by atoms with Gasteiger partial charge in [0.1, 0.15) is 0 Å². The molecule has 0 bridgehead atoms. The molecule has 0 saturated carbocycles. The lowest BCUT2D eigenvalue weighted by Gasteiger charge is -2.24. The predicted molar refractivity (Wildman–Crippen MR) is 135 cm³/mol. The number of hydrogen-bond acceptors (Lipinski definition) is 3. The molecule has 0 aliphatic heterocycles. The molecule has 0 atom stereocenters. The second kappa shape index (κ2) is 9.00. The number of aromatic nitrogens is 1. The summed E-state index contributed by atoms with van der Waals surface area (Å²) in [6.07, 6.45) is 1.55. The Labute approximate surface area is 202 Å². The van der Waals surface area contributed by atoms with Crippen LogP contribution in [-0.2, 0) is 21.4 Å². The topological polar surface area (TPSA) is 59.4 Å². The van der Waals surface area contributed by atoms with E-state index in [1.165, 1.54) is 10.9 Å². The van der Waals surface area contributed by atoms with Crippen LogP contribution in [0.3, 0.4) is 0 Å². The van der Waals surface area contributed by atoms with Crippen molar-refractivity contribution in [3.05, 3.63) is 107 Å². The average Bonchev–Trinajstić information content (AvgIpc) is 3.19. The molecule has 3 aromatic carbocycles. The van der Waals surface area contributed by atoms with Gasteiger partial charge in [0.25, 0.3) is 10.0 Å². The Hall–Kier alpha value is -3.16. The summed E-state index contributed by atoms with van der Waals surface area (Å²) in [6.45, 7) is 7.87. The third kappa shape index (κ3) is 4.38. The standard InChI is InChI=1S/C26H23BrN2O3S/c1-18-12-14-22(15-13-18)33(31,32)29-17-24(23-9-5-7-11-26(23)29)19(2)28(20(3)30)16-21-8-4-6-10-25(21)27/h4-15,17H,2,16H2,1,3H3. The second-order valence-corrected chi connectivity index (χ2v) is 10.5. The maximum absolute atomic E-state index is 13.5. The van der Waals surface area contributed by atoms with Crippen LogP contribution in [0.2, 0.25) is 0 Å². The molecular weight excluding hydrogens is 500 g/mol. The molecule has 0 aliphatic rings. The number of hydrogen-bond donors (Lipinski definition) is 0. The highest BCUT2D eigenvalue weighted by molar-refractivity contribution is 9.10. The maximum Gasteiger partial charge on any atom is 0.268 e. The van der Waals surface area contributed by atoms with E-state index in [2.05, 4.69) is 22.5 Å². The highest BCUT2D eigenvalue weighted by Gasteiger charge is 2.25. The van der Waals surface area contributed by atoms with Crippen LogP contribution in [0.1, 0.15) is 23.6 Å². The molecule has 7 heteroatoms. The van der Waals surface area contributed by atoms with Crippen LogP contribution in [-0.4, -0.2) is 23.2 Å². The van der Waals surface area contributed by atoms with Crippen molar-refractivity contribution in [2.45, 2.75) is 25.3 Å². The Morgan fingerprint density at radius 1 is 1.00 bits per heavy atom. The fraction of sp³-hybridized carbons (Fsp3) is 0.115. The summed E-state index contributed by atoms with van der Waals surface area (Å²) in [7, 11) is -3.84. The molecule has 5 nitrogen and oxygen atoms in total. The van der Waals surface area contributed by atoms with Crippen molar-refractivity contribution in [1.82, 2.24) is 8.87 Å². The zero-order valence-electron chi connectivity index (χ0n) is 18.3. The van der Waals surface area contributed by atoms with Crippen molar-refractivity contribution in [1.29, 1.82) is 0 Å². The normalized spacial score (nSPS) is 11.5. The van der Waals surface area contributed by atoms with Gasteiger partial charge in [0.05, 0.1) is 17.0 Å². The summed E-state index contributed by atoms with van der Waals surface area (Å²) in [5, 5.41) is 0.705. The monoisotopic (exact) mass is 522 g/mol. The van der Waals surface area contributed by atoms with Crippen LogP contribution in [0, 0.1) is 6.92 Å². The molecule has 0 fully saturated rings. The Morgan fingerprint density at radius 2 is 1.64 bits per heavy atom. The molecule has 4 aromatic rings. The van der Waals surface area contributed by atoms with Gasteiger partial charge >= 0.3 is 0 Å². The lowest BCUT2D eigenvalue weighted by molar-refractivity contribution is -0.126. The van der Waals surface area contributed by atoms with Gasteiger partial charge in [-0.1, -0.05) is 76.6 Å². The van der Waals surface area contributed by atoms with E-state index in [4.69, 9.17) is 0 Å². The fourth-order valence-corrected chi connectivity index (χ4v) is 5.52. The van der Waals surface area contributed by atoms with Gasteiger partial charge in [0.15, 0.2) is 0 Å². The van der Waals surface area contributed by atoms with Crippen molar-refractivity contribution >= 4 is 48.5 Å². The highest BCUT2D eigenvalue weighted by atomic mass is 79.9. The summed E-state index contributed by atoms with van der Waals surface area (Å²) in [5.41, 5.74) is 3.45. The first-order valence-corrected chi connectivity index (χ1v) is 12.6. The van der Waals surface area contributed by atoms with E-state index in [9.17, 15) is 13.2 Å². The van der Waals surface area contributed by atoms with Gasteiger partial charge in [-0.3, -0.25) is 4.79 Å². The van der Waals surface area contributed by atoms with E-state index in [1.54, 1.807) is 47.5 Å². The van der Waals surface area contributed by atoms with Crippen molar-refractivity contribution in [3.8, 4) is 0 Å². The third-order valence-corrected chi connectivity index (χ3v) is 8.02. The Kier molecular flexibility index (Phi) is 6.28. The molecule has 0 radical (unpaired) electrons. The Morgan fingerprint density at radius 3 is 2.30 bits per heavy atom. The molecule has 1 aromatic heterocycles. The first-order valence-electron chi connectivity index (χ1n) is 10.3. The van der Waals surface area contributed by atoms with E-state index in [0.717, 1.165) is 15.6 Å². The number of carbonyl (C=O) groups excluding carboxylic acids is 1. The van der Waals surface area contributed by atoms with Gasteiger partial charge in [-0.15, -0.1) is 0 Å². The zero-order chi connectivity index (χ0) is 23.8. The molecule has 168 valence electrons. The van der Waals surface area contributed by atoms with Crippen LogP contribution in [0.25, 0.3) is 16.6 Å². The number of halogens is 1. The molecule has 0 saturated heterocycles. The number of fused-ring (bicyclic) bond motifs is 1. The Balaban J connectivity index is 1.83. The van der Waals surface area contributed by atoms with E-state index >= 15 is 0 Å². The average molecular weight is 523 g/mol. The summed E-state index contributed by atoms with van der Waals surface area (Å²) in [6, 6.07) is 21.6. The minimum atomic E-state index is -3.84. The lowest BCUT2D eigenvalue weighted by atomic mass is 10.1. The van der Waals surface area contributed by atoms with E-state index in [0.29, 0.717) is 28.7 Å². The molecule has 1 heterocycles.